The van der Waals surface area contributed by atoms with E-state index in [0.717, 1.165) is 25.7 Å². The Morgan fingerprint density at radius 3 is 1.43 bits per heavy atom. The monoisotopic (exact) mass is 398 g/mol. The number of hydrogen-bond donors (Lipinski definition) is 0. The van der Waals surface area contributed by atoms with Crippen LogP contribution < -0.4 is 0 Å². The summed E-state index contributed by atoms with van der Waals surface area (Å²) < 4.78 is 10.2. The van der Waals surface area contributed by atoms with Gasteiger partial charge in [-0.25, -0.2) is 29.1 Å². The molecular weight excluding hydrogens is 368 g/mol. The summed E-state index contributed by atoms with van der Waals surface area (Å²) in [5.74, 6) is -1.27. The second-order valence-corrected chi connectivity index (χ2v) is 5.81. The van der Waals surface area contributed by atoms with Crippen LogP contribution in [-0.4, -0.2) is 51.6 Å². The number of hydrogen-bond acceptors (Lipinski definition) is 8. The Bertz CT molecular complexity index is 512. The zero-order valence-corrected chi connectivity index (χ0v) is 16.6. The van der Waals surface area contributed by atoms with Crippen molar-refractivity contribution in [3.05, 3.63) is 35.4 Å². The lowest BCUT2D eigenvalue weighted by Crippen LogP contribution is -2.17. The van der Waals surface area contributed by atoms with Gasteiger partial charge in [0, 0.05) is 0 Å². The Morgan fingerprint density at radius 2 is 1.04 bits per heavy atom. The van der Waals surface area contributed by atoms with Crippen LogP contribution >= 0.6 is 0 Å². The summed E-state index contributed by atoms with van der Waals surface area (Å²) in [5, 5.41) is 0. The van der Waals surface area contributed by atoms with Crippen LogP contribution in [0.4, 0.5) is 0 Å². The minimum atomic E-state index is -0.635. The Labute approximate surface area is 165 Å². The molecule has 8 heteroatoms. The van der Waals surface area contributed by atoms with Crippen molar-refractivity contribution in [3.63, 3.8) is 0 Å². The number of esters is 2. The SMILES string of the molecule is CCCCOOCCOC(=O)c1ccccc1C(=O)OCCOOCCCC. The Hall–Kier alpha value is -2.00. The fraction of sp³-hybridized carbons (Fsp3) is 0.600. The summed E-state index contributed by atoms with van der Waals surface area (Å²) in [7, 11) is 0. The van der Waals surface area contributed by atoms with Crippen LogP contribution in [0.5, 0.6) is 0 Å². The molecule has 0 bridgehead atoms. The summed E-state index contributed by atoms with van der Waals surface area (Å²) in [6, 6.07) is 6.29. The fourth-order valence-corrected chi connectivity index (χ4v) is 1.97. The number of benzene rings is 1. The van der Waals surface area contributed by atoms with Gasteiger partial charge in [-0.2, -0.15) is 0 Å². The van der Waals surface area contributed by atoms with E-state index in [1.165, 1.54) is 12.1 Å². The molecule has 28 heavy (non-hydrogen) atoms. The molecule has 0 aliphatic rings. The third-order valence-corrected chi connectivity index (χ3v) is 3.50. The maximum atomic E-state index is 12.2. The molecule has 0 aromatic heterocycles. The van der Waals surface area contributed by atoms with Crippen molar-refractivity contribution >= 4 is 11.9 Å². The zero-order valence-electron chi connectivity index (χ0n) is 16.6. The van der Waals surface area contributed by atoms with Gasteiger partial charge in [-0.3, -0.25) is 0 Å². The summed E-state index contributed by atoms with van der Waals surface area (Å²) in [6.45, 7) is 5.31. The van der Waals surface area contributed by atoms with E-state index < -0.39 is 11.9 Å². The predicted octanol–water partition coefficient (Wildman–Crippen LogP) is 3.50. The summed E-state index contributed by atoms with van der Waals surface area (Å²) >= 11 is 0. The molecule has 0 N–H and O–H groups in total. The van der Waals surface area contributed by atoms with E-state index in [2.05, 4.69) is 0 Å². The molecule has 0 saturated carbocycles. The summed E-state index contributed by atoms with van der Waals surface area (Å²) in [4.78, 5) is 44.1. The normalized spacial score (nSPS) is 10.6. The highest BCUT2D eigenvalue weighted by molar-refractivity contribution is 6.03. The second kappa shape index (κ2) is 16.0. The second-order valence-electron chi connectivity index (χ2n) is 5.81. The molecule has 0 saturated heterocycles. The molecule has 0 unspecified atom stereocenters. The first-order valence-electron chi connectivity index (χ1n) is 9.62. The van der Waals surface area contributed by atoms with Crippen molar-refractivity contribution in [1.29, 1.82) is 0 Å². The van der Waals surface area contributed by atoms with Crippen molar-refractivity contribution < 1.29 is 38.6 Å². The number of unbranched alkanes of at least 4 members (excludes halogenated alkanes) is 2. The zero-order chi connectivity index (χ0) is 20.5. The minimum Gasteiger partial charge on any atom is -0.459 e. The molecule has 1 rings (SSSR count). The molecule has 0 radical (unpaired) electrons. The first kappa shape index (κ1) is 24.0. The van der Waals surface area contributed by atoms with Crippen LogP contribution in [0.2, 0.25) is 0 Å². The van der Waals surface area contributed by atoms with Crippen LogP contribution in [-0.2, 0) is 29.0 Å². The van der Waals surface area contributed by atoms with Crippen molar-refractivity contribution in [3.8, 4) is 0 Å². The van der Waals surface area contributed by atoms with Gasteiger partial charge in [0.05, 0.1) is 24.3 Å². The largest absolute Gasteiger partial charge is 0.459 e. The van der Waals surface area contributed by atoms with Gasteiger partial charge < -0.3 is 9.47 Å². The minimum absolute atomic E-state index is 0.0112. The lowest BCUT2D eigenvalue weighted by Gasteiger charge is -2.10. The van der Waals surface area contributed by atoms with Gasteiger partial charge in [-0.15, -0.1) is 0 Å². The highest BCUT2D eigenvalue weighted by atomic mass is 17.2. The van der Waals surface area contributed by atoms with Crippen molar-refractivity contribution in [1.82, 2.24) is 0 Å². The van der Waals surface area contributed by atoms with Crippen LogP contribution in [0.25, 0.3) is 0 Å². The first-order valence-corrected chi connectivity index (χ1v) is 9.62. The van der Waals surface area contributed by atoms with E-state index >= 15 is 0 Å². The van der Waals surface area contributed by atoms with Gasteiger partial charge in [0.2, 0.25) is 0 Å². The lowest BCUT2D eigenvalue weighted by atomic mass is 10.1. The quantitative estimate of drug-likeness (QED) is 0.181. The highest BCUT2D eigenvalue weighted by Gasteiger charge is 2.19. The Balaban J connectivity index is 2.35. The molecule has 0 aliphatic carbocycles. The molecule has 0 heterocycles. The van der Waals surface area contributed by atoms with Gasteiger partial charge in [0.25, 0.3) is 0 Å². The molecule has 0 fully saturated rings. The van der Waals surface area contributed by atoms with Crippen LogP contribution in [0.3, 0.4) is 0 Å². The number of carbonyl (C=O) groups is 2. The van der Waals surface area contributed by atoms with Gasteiger partial charge in [-0.1, -0.05) is 38.8 Å². The summed E-state index contributed by atoms with van der Waals surface area (Å²) in [6.07, 6.45) is 3.79. The van der Waals surface area contributed by atoms with Crippen molar-refractivity contribution in [2.45, 2.75) is 39.5 Å². The number of carbonyl (C=O) groups excluding carboxylic acids is 2. The van der Waals surface area contributed by atoms with Crippen molar-refractivity contribution in [2.24, 2.45) is 0 Å². The number of rotatable bonds is 16. The first-order chi connectivity index (χ1) is 13.7. The molecular formula is C20H30O8. The highest BCUT2D eigenvalue weighted by Crippen LogP contribution is 2.12. The molecule has 0 atom stereocenters. The fourth-order valence-electron chi connectivity index (χ4n) is 1.97. The van der Waals surface area contributed by atoms with E-state index in [9.17, 15) is 9.59 Å². The van der Waals surface area contributed by atoms with Crippen LogP contribution in [0, 0.1) is 0 Å². The molecule has 8 nitrogen and oxygen atoms in total. The average Bonchev–Trinajstić information content (AvgIpc) is 2.72. The van der Waals surface area contributed by atoms with Gasteiger partial charge in [-0.05, 0) is 25.0 Å². The van der Waals surface area contributed by atoms with Crippen LogP contribution in [0.1, 0.15) is 60.2 Å². The van der Waals surface area contributed by atoms with Crippen molar-refractivity contribution in [2.75, 3.05) is 39.6 Å². The van der Waals surface area contributed by atoms with Gasteiger partial charge >= 0.3 is 11.9 Å². The molecule has 1 aromatic rings. The molecule has 1 aromatic carbocycles. The maximum absolute atomic E-state index is 12.2. The Morgan fingerprint density at radius 1 is 0.643 bits per heavy atom. The molecule has 0 aliphatic heterocycles. The summed E-state index contributed by atoms with van der Waals surface area (Å²) in [5.41, 5.74) is 0.249. The molecule has 0 spiro atoms. The Kier molecular flexibility index (Phi) is 13.7. The van der Waals surface area contributed by atoms with E-state index in [-0.39, 0.29) is 37.6 Å². The third kappa shape index (κ3) is 10.4. The third-order valence-electron chi connectivity index (χ3n) is 3.50. The van der Waals surface area contributed by atoms with E-state index in [1.807, 2.05) is 13.8 Å². The molecule has 158 valence electrons. The smallest absolute Gasteiger partial charge is 0.339 e. The molecule has 0 amide bonds. The van der Waals surface area contributed by atoms with E-state index in [0.29, 0.717) is 13.2 Å². The van der Waals surface area contributed by atoms with E-state index in [1.54, 1.807) is 12.1 Å². The standard InChI is InChI=1S/C20H30O8/c1-3-5-11-25-27-15-13-23-19(21)17-9-7-8-10-18(17)20(22)24-14-16-28-26-12-6-4-2/h7-10H,3-6,11-16H2,1-2H3. The topological polar surface area (TPSA) is 89.5 Å². The maximum Gasteiger partial charge on any atom is 0.339 e. The van der Waals surface area contributed by atoms with E-state index in [4.69, 9.17) is 29.0 Å². The number of ether oxygens (including phenoxy) is 2. The predicted molar refractivity (Wildman–Crippen MR) is 101 cm³/mol. The lowest BCUT2D eigenvalue weighted by molar-refractivity contribution is -0.297. The van der Waals surface area contributed by atoms with Crippen LogP contribution in [0.15, 0.2) is 24.3 Å². The van der Waals surface area contributed by atoms with Gasteiger partial charge in [0.15, 0.2) is 0 Å². The average molecular weight is 398 g/mol. The van der Waals surface area contributed by atoms with Gasteiger partial charge in [0.1, 0.15) is 26.4 Å².